The Morgan fingerprint density at radius 2 is 2.10 bits per heavy atom. The minimum atomic E-state index is -1.17. The van der Waals surface area contributed by atoms with E-state index in [1.807, 2.05) is 0 Å². The summed E-state index contributed by atoms with van der Waals surface area (Å²) in [7, 11) is 0. The van der Waals surface area contributed by atoms with Crippen LogP contribution in [-0.2, 0) is 6.54 Å². The van der Waals surface area contributed by atoms with Crippen molar-refractivity contribution >= 4 is 27.7 Å². The van der Waals surface area contributed by atoms with E-state index < -0.39 is 17.6 Å². The van der Waals surface area contributed by atoms with Gasteiger partial charge in [0.15, 0.2) is 0 Å². The lowest BCUT2D eigenvalue weighted by molar-refractivity contribution is 0.0697. The Bertz CT molecular complexity index is 665. The van der Waals surface area contributed by atoms with Crippen LogP contribution < -0.4 is 5.32 Å². The smallest absolute Gasteiger partial charge is 0.339 e. The number of aromatic carboxylic acids is 1. The average molecular weight is 343 g/mol. The maximum Gasteiger partial charge on any atom is 0.339 e. The van der Waals surface area contributed by atoms with Crippen LogP contribution in [0.2, 0.25) is 0 Å². The van der Waals surface area contributed by atoms with Crippen LogP contribution in [0.4, 0.5) is 14.6 Å². The second-order valence-corrected chi connectivity index (χ2v) is 4.86. The lowest BCUT2D eigenvalue weighted by atomic mass is 10.2. The van der Waals surface area contributed by atoms with Gasteiger partial charge in [0.2, 0.25) is 0 Å². The lowest BCUT2D eigenvalue weighted by Gasteiger charge is -2.09. The van der Waals surface area contributed by atoms with E-state index in [-0.39, 0.29) is 23.5 Å². The van der Waals surface area contributed by atoms with E-state index in [4.69, 9.17) is 5.11 Å². The topological polar surface area (TPSA) is 62.2 Å². The number of carbonyl (C=O) groups is 1. The summed E-state index contributed by atoms with van der Waals surface area (Å²) in [6.07, 6.45) is 1.41. The van der Waals surface area contributed by atoms with Crippen molar-refractivity contribution in [3.05, 3.63) is 57.7 Å². The summed E-state index contributed by atoms with van der Waals surface area (Å²) in [6, 6.07) is 4.44. The number of carboxylic acid groups (broad SMARTS) is 1. The second-order valence-electron chi connectivity index (χ2n) is 3.94. The number of hydrogen-bond donors (Lipinski definition) is 2. The minimum Gasteiger partial charge on any atom is -0.478 e. The molecule has 4 nitrogen and oxygen atoms in total. The van der Waals surface area contributed by atoms with Crippen molar-refractivity contribution in [1.82, 2.24) is 4.98 Å². The van der Waals surface area contributed by atoms with Crippen LogP contribution in [0.1, 0.15) is 15.9 Å². The number of nitrogens with one attached hydrogen (secondary N) is 1. The molecule has 104 valence electrons. The molecule has 0 bridgehead atoms. The van der Waals surface area contributed by atoms with Crippen molar-refractivity contribution in [2.75, 3.05) is 5.32 Å². The average Bonchev–Trinajstić information content (AvgIpc) is 2.40. The fourth-order valence-electron chi connectivity index (χ4n) is 1.60. The van der Waals surface area contributed by atoms with Gasteiger partial charge in [-0.05, 0) is 40.2 Å². The summed E-state index contributed by atoms with van der Waals surface area (Å²) < 4.78 is 27.0. The molecule has 0 atom stereocenters. The Morgan fingerprint density at radius 1 is 1.35 bits per heavy atom. The zero-order valence-electron chi connectivity index (χ0n) is 10.0. The van der Waals surface area contributed by atoms with Crippen LogP contribution >= 0.6 is 15.9 Å². The molecule has 0 radical (unpaired) electrons. The first kappa shape index (κ1) is 14.4. The highest BCUT2D eigenvalue weighted by Crippen LogP contribution is 2.19. The monoisotopic (exact) mass is 342 g/mol. The van der Waals surface area contributed by atoms with Gasteiger partial charge in [0.05, 0.1) is 0 Å². The van der Waals surface area contributed by atoms with Crippen molar-refractivity contribution in [3.8, 4) is 0 Å². The molecule has 0 unspecified atom stereocenters. The summed E-state index contributed by atoms with van der Waals surface area (Å²) in [5, 5.41) is 11.7. The van der Waals surface area contributed by atoms with Gasteiger partial charge in [-0.25, -0.2) is 18.6 Å². The maximum atomic E-state index is 13.4. The zero-order valence-corrected chi connectivity index (χ0v) is 11.6. The Kier molecular flexibility index (Phi) is 4.29. The Balaban J connectivity index is 2.23. The number of carboxylic acids is 1. The molecule has 1 aromatic carbocycles. The highest BCUT2D eigenvalue weighted by molar-refractivity contribution is 9.10. The SMILES string of the molecule is O=C(O)c1cc(Br)cnc1NCc1cc(F)ccc1F. The molecule has 0 amide bonds. The summed E-state index contributed by atoms with van der Waals surface area (Å²) >= 11 is 3.12. The van der Waals surface area contributed by atoms with Gasteiger partial charge in [-0.15, -0.1) is 0 Å². The van der Waals surface area contributed by atoms with E-state index >= 15 is 0 Å². The molecule has 20 heavy (non-hydrogen) atoms. The van der Waals surface area contributed by atoms with Crippen LogP contribution in [-0.4, -0.2) is 16.1 Å². The summed E-state index contributed by atoms with van der Waals surface area (Å²) in [4.78, 5) is 15.0. The summed E-state index contributed by atoms with van der Waals surface area (Å²) in [5.74, 6) is -2.22. The molecule has 1 heterocycles. The van der Waals surface area contributed by atoms with E-state index in [0.29, 0.717) is 4.47 Å². The van der Waals surface area contributed by atoms with Gasteiger partial charge in [-0.1, -0.05) is 0 Å². The van der Waals surface area contributed by atoms with Crippen molar-refractivity contribution in [3.63, 3.8) is 0 Å². The van der Waals surface area contributed by atoms with Gasteiger partial charge in [0.25, 0.3) is 0 Å². The van der Waals surface area contributed by atoms with Crippen molar-refractivity contribution in [1.29, 1.82) is 0 Å². The van der Waals surface area contributed by atoms with Gasteiger partial charge >= 0.3 is 5.97 Å². The fraction of sp³-hybridized carbons (Fsp3) is 0.0769. The summed E-state index contributed by atoms with van der Waals surface area (Å²) in [5.41, 5.74) is 0.0299. The Labute approximate surface area is 121 Å². The number of pyridine rings is 1. The molecule has 0 fully saturated rings. The number of nitrogens with zero attached hydrogens (tertiary/aromatic N) is 1. The molecule has 0 aliphatic heterocycles. The van der Waals surface area contributed by atoms with E-state index in [2.05, 4.69) is 26.2 Å². The van der Waals surface area contributed by atoms with Crippen LogP contribution in [0, 0.1) is 11.6 Å². The van der Waals surface area contributed by atoms with E-state index in [1.54, 1.807) is 0 Å². The van der Waals surface area contributed by atoms with Crippen molar-refractivity contribution in [2.45, 2.75) is 6.54 Å². The molecule has 0 aliphatic rings. The molecular weight excluding hydrogens is 334 g/mol. The predicted molar refractivity (Wildman–Crippen MR) is 72.6 cm³/mol. The lowest BCUT2D eigenvalue weighted by Crippen LogP contribution is -2.09. The van der Waals surface area contributed by atoms with Gasteiger partial charge in [0.1, 0.15) is 23.0 Å². The maximum absolute atomic E-state index is 13.4. The highest BCUT2D eigenvalue weighted by Gasteiger charge is 2.13. The third kappa shape index (κ3) is 3.30. The molecule has 0 spiro atoms. The highest BCUT2D eigenvalue weighted by atomic mass is 79.9. The minimum absolute atomic E-state index is 0.0591. The van der Waals surface area contributed by atoms with E-state index in [0.717, 1.165) is 18.2 Å². The molecule has 1 aromatic heterocycles. The largest absolute Gasteiger partial charge is 0.478 e. The predicted octanol–water partition coefficient (Wildman–Crippen LogP) is 3.43. The second kappa shape index (κ2) is 5.96. The number of aromatic nitrogens is 1. The normalized spacial score (nSPS) is 10.3. The third-order valence-corrected chi connectivity index (χ3v) is 2.97. The molecular formula is C13H9BrF2N2O2. The third-order valence-electron chi connectivity index (χ3n) is 2.54. The van der Waals surface area contributed by atoms with E-state index in [9.17, 15) is 13.6 Å². The first-order chi connectivity index (χ1) is 9.47. The summed E-state index contributed by atoms with van der Waals surface area (Å²) in [6.45, 7) is -0.0709. The Hall–Kier alpha value is -2.02. The van der Waals surface area contributed by atoms with Gasteiger partial charge in [-0.2, -0.15) is 0 Å². The van der Waals surface area contributed by atoms with Crippen molar-refractivity contribution < 1.29 is 18.7 Å². The molecule has 7 heteroatoms. The number of hydrogen-bond acceptors (Lipinski definition) is 3. The first-order valence-electron chi connectivity index (χ1n) is 5.54. The zero-order chi connectivity index (χ0) is 14.7. The molecule has 2 rings (SSSR count). The van der Waals surface area contributed by atoms with E-state index in [1.165, 1.54) is 12.3 Å². The number of benzene rings is 1. The van der Waals surface area contributed by atoms with Gasteiger partial charge in [-0.3, -0.25) is 0 Å². The number of halogens is 3. The van der Waals surface area contributed by atoms with Crippen LogP contribution in [0.15, 0.2) is 34.9 Å². The molecule has 0 saturated heterocycles. The van der Waals surface area contributed by atoms with Crippen LogP contribution in [0.3, 0.4) is 0 Å². The van der Waals surface area contributed by atoms with Crippen molar-refractivity contribution in [2.24, 2.45) is 0 Å². The standard InChI is InChI=1S/C13H9BrF2N2O2/c14-8-4-10(13(19)20)12(18-6-8)17-5-7-3-9(15)1-2-11(7)16/h1-4,6H,5H2,(H,17,18)(H,19,20). The number of anilines is 1. The van der Waals surface area contributed by atoms with Crippen LogP contribution in [0.25, 0.3) is 0 Å². The molecule has 0 saturated carbocycles. The van der Waals surface area contributed by atoms with Crippen LogP contribution in [0.5, 0.6) is 0 Å². The Morgan fingerprint density at radius 3 is 2.80 bits per heavy atom. The molecule has 0 aliphatic carbocycles. The number of rotatable bonds is 4. The van der Waals surface area contributed by atoms with Gasteiger partial charge < -0.3 is 10.4 Å². The first-order valence-corrected chi connectivity index (χ1v) is 6.33. The fourth-order valence-corrected chi connectivity index (χ4v) is 1.93. The quantitative estimate of drug-likeness (QED) is 0.893. The van der Waals surface area contributed by atoms with Gasteiger partial charge in [0, 0.05) is 22.8 Å². The molecule has 2 aromatic rings. The molecule has 2 N–H and O–H groups in total.